The minimum absolute atomic E-state index is 0.372. The molecule has 0 saturated carbocycles. The van der Waals surface area contributed by atoms with Gasteiger partial charge in [0, 0.05) is 31.7 Å². The number of rotatable bonds is 18. The van der Waals surface area contributed by atoms with Gasteiger partial charge in [-0.2, -0.15) is 10.5 Å². The average Bonchev–Trinajstić information content (AvgIpc) is 3.44. The van der Waals surface area contributed by atoms with Gasteiger partial charge in [0.05, 0.1) is 39.7 Å². The lowest BCUT2D eigenvalue weighted by atomic mass is 9.50. The third kappa shape index (κ3) is 10.3. The first kappa shape index (κ1) is 53.5. The summed E-state index contributed by atoms with van der Waals surface area (Å²) in [6, 6.07) is 83.6. The molecular weight excluding hydrogens is 1040 g/mol. The molecule has 0 aliphatic heterocycles. The highest BCUT2D eigenvalue weighted by Gasteiger charge is 2.37. The Morgan fingerprint density at radius 2 is 0.890 bits per heavy atom. The topological polar surface area (TPSA) is 88.8 Å². The largest absolute Gasteiger partial charge is 0.493 e. The van der Waals surface area contributed by atoms with Crippen molar-refractivity contribution in [1.82, 2.24) is 13.9 Å². The molecule has 2 unspecified atom stereocenters. The van der Waals surface area contributed by atoms with Gasteiger partial charge in [-0.05, 0) is 101 Å². The van der Waals surface area contributed by atoms with Crippen LogP contribution in [0.3, 0.4) is 0 Å². The van der Waals surface area contributed by atoms with E-state index >= 15 is 0 Å². The minimum atomic E-state index is -0.502. The van der Waals surface area contributed by atoms with Crippen LogP contribution in [0.15, 0.2) is 224 Å². The van der Waals surface area contributed by atoms with Crippen molar-refractivity contribution >= 4 is 100 Å². The molecule has 0 spiro atoms. The summed E-state index contributed by atoms with van der Waals surface area (Å²) >= 11 is 3.13. The first-order chi connectivity index (χ1) is 40.3. The fraction of sp³-hybridized carbons (Fsp3) is 0.141. The Hall–Kier alpha value is -9.12. The van der Waals surface area contributed by atoms with E-state index in [0.717, 1.165) is 110 Å². The van der Waals surface area contributed by atoms with E-state index in [1.54, 1.807) is 11.3 Å². The number of ether oxygens (including phenoxy) is 2. The van der Waals surface area contributed by atoms with Gasteiger partial charge in [0.15, 0.2) is 0 Å². The van der Waals surface area contributed by atoms with Gasteiger partial charge in [-0.1, -0.05) is 214 Å². The SMILES string of the molecule is CCC(C)COc1ccc(-c2c3/c(=C(\C#N)c4nc5ccccc5s4)n(B(c4ccccc4)c4ccccc4)c(-c4ccc(OCC(C)CC)cc4)c3/c(=C(\C#N)c3cc4ccccc4s3)n2B(c2ccccc2)c2ccccc2)cc1. The second-order valence-corrected chi connectivity index (χ2v) is 23.3. The number of nitriles is 2. The molecule has 0 bridgehead atoms. The predicted octanol–water partition coefficient (Wildman–Crippen LogP) is 13.2. The standard InChI is InChI=1S/C71H59B2N5O2S2/c1-5-48(3)46-79-57-39-35-50(36-40-57)67-65-66(70(60(45-75)71-76-61-32-20-22-34-63(61)82-71)78(67)73(55-28-15-9-16-29-55)56-30-17-10-18-31-56)68(51-37-41-58(42-38-51)80-47-49(4)6-2)77(72(53-24-11-7-12-25-53)54-26-13-8-14-27-54)69(65)59(44-74)64-43-52-23-19-21-33-62(52)81-64/h7-43,48-49H,5-6,46-47H2,1-4H3/b69-59-,70-60-. The van der Waals surface area contributed by atoms with Crippen molar-refractivity contribution in [2.45, 2.75) is 40.5 Å². The highest BCUT2D eigenvalue weighted by molar-refractivity contribution is 7.20. The second kappa shape index (κ2) is 23.9. The van der Waals surface area contributed by atoms with Crippen molar-refractivity contribution in [2.24, 2.45) is 11.8 Å². The summed E-state index contributed by atoms with van der Waals surface area (Å²) < 4.78 is 19.9. The zero-order chi connectivity index (χ0) is 56.1. The van der Waals surface area contributed by atoms with Crippen molar-refractivity contribution < 1.29 is 9.47 Å². The summed E-state index contributed by atoms with van der Waals surface area (Å²) in [5.41, 5.74) is 9.26. The number of benzene rings is 8. The van der Waals surface area contributed by atoms with E-state index in [1.807, 2.05) is 30.3 Å². The maximum Gasteiger partial charge on any atom is 0.328 e. The van der Waals surface area contributed by atoms with Gasteiger partial charge >= 0.3 is 13.7 Å². The van der Waals surface area contributed by atoms with Crippen molar-refractivity contribution in [3.8, 4) is 46.2 Å². The van der Waals surface area contributed by atoms with Crippen LogP contribution < -0.4 is 42.0 Å². The lowest BCUT2D eigenvalue weighted by Gasteiger charge is -2.24. The Morgan fingerprint density at radius 3 is 1.30 bits per heavy atom. The molecule has 7 nitrogen and oxygen atoms in total. The smallest absolute Gasteiger partial charge is 0.328 e. The number of hydrogen-bond donors (Lipinski definition) is 0. The van der Waals surface area contributed by atoms with E-state index < -0.39 is 13.7 Å². The Morgan fingerprint density at radius 1 is 0.488 bits per heavy atom. The van der Waals surface area contributed by atoms with Gasteiger partial charge in [0.1, 0.15) is 34.2 Å². The zero-order valence-corrected chi connectivity index (χ0v) is 48.0. The lowest BCUT2D eigenvalue weighted by Crippen LogP contribution is -2.54. The van der Waals surface area contributed by atoms with E-state index in [2.05, 4.69) is 243 Å². The molecule has 4 heterocycles. The number of hydrogen-bond acceptors (Lipinski definition) is 7. The van der Waals surface area contributed by atoms with Crippen LogP contribution in [0, 0.1) is 34.5 Å². The van der Waals surface area contributed by atoms with E-state index in [4.69, 9.17) is 14.5 Å². The predicted molar refractivity (Wildman–Crippen MR) is 344 cm³/mol. The monoisotopic (exact) mass is 1100 g/mol. The normalized spacial score (nSPS) is 12.9. The first-order valence-corrected chi connectivity index (χ1v) is 29.9. The van der Waals surface area contributed by atoms with E-state index in [0.29, 0.717) is 46.6 Å². The molecule has 0 aliphatic rings. The molecule has 0 N–H and O–H groups in total. The number of aromatic nitrogens is 3. The minimum Gasteiger partial charge on any atom is -0.493 e. The van der Waals surface area contributed by atoms with Crippen LogP contribution in [0.2, 0.25) is 0 Å². The van der Waals surface area contributed by atoms with Gasteiger partial charge in [0.25, 0.3) is 0 Å². The van der Waals surface area contributed by atoms with E-state index in [-0.39, 0.29) is 0 Å². The van der Waals surface area contributed by atoms with Crippen molar-refractivity contribution in [2.75, 3.05) is 13.2 Å². The first-order valence-electron chi connectivity index (χ1n) is 28.2. The van der Waals surface area contributed by atoms with Crippen molar-refractivity contribution in [3.63, 3.8) is 0 Å². The van der Waals surface area contributed by atoms with Gasteiger partial charge in [-0.3, -0.25) is 0 Å². The lowest BCUT2D eigenvalue weighted by molar-refractivity contribution is 0.256. The molecule has 0 radical (unpaired) electrons. The molecular formula is C71H59B2N5O2S2. The van der Waals surface area contributed by atoms with Gasteiger partial charge in [-0.25, -0.2) is 4.98 Å². The summed E-state index contributed by atoms with van der Waals surface area (Å²) in [5, 5.41) is 29.4. The van der Waals surface area contributed by atoms with Crippen LogP contribution in [-0.2, 0) is 0 Å². The number of thiophene rings is 1. The number of fused-ring (bicyclic) bond motifs is 3. The van der Waals surface area contributed by atoms with Crippen LogP contribution in [0.4, 0.5) is 0 Å². The van der Waals surface area contributed by atoms with Crippen molar-refractivity contribution in [3.05, 3.63) is 245 Å². The van der Waals surface area contributed by atoms with Gasteiger partial charge < -0.3 is 18.4 Å². The Labute approximate surface area is 488 Å². The molecule has 0 aliphatic carbocycles. The van der Waals surface area contributed by atoms with Crippen molar-refractivity contribution in [1.29, 1.82) is 10.5 Å². The molecule has 8 aromatic carbocycles. The molecule has 12 rings (SSSR count). The summed E-state index contributed by atoms with van der Waals surface area (Å²) in [6.07, 6.45) is 2.00. The number of para-hydroxylation sites is 1. The van der Waals surface area contributed by atoms with E-state index in [9.17, 15) is 10.5 Å². The summed E-state index contributed by atoms with van der Waals surface area (Å²) in [7, 11) is 0. The third-order valence-corrected chi connectivity index (χ3v) is 17.9. The number of nitrogens with zero attached hydrogens (tertiary/aromatic N) is 5. The fourth-order valence-corrected chi connectivity index (χ4v) is 13.2. The maximum absolute atomic E-state index is 12.4. The van der Waals surface area contributed by atoms with Gasteiger partial charge in [0.2, 0.25) is 0 Å². The maximum atomic E-state index is 12.4. The summed E-state index contributed by atoms with van der Waals surface area (Å²) in [6.45, 7) is 8.96. The molecule has 0 amide bonds. The molecule has 11 heteroatoms. The fourth-order valence-electron chi connectivity index (χ4n) is 11.1. The van der Waals surface area contributed by atoms with Crippen LogP contribution >= 0.6 is 22.7 Å². The van der Waals surface area contributed by atoms with Crippen LogP contribution in [0.1, 0.15) is 50.4 Å². The van der Waals surface area contributed by atoms with Crippen LogP contribution in [0.25, 0.3) is 64.7 Å². The molecule has 398 valence electrons. The van der Waals surface area contributed by atoms with Crippen LogP contribution in [0.5, 0.6) is 11.5 Å². The third-order valence-electron chi connectivity index (χ3n) is 15.7. The highest BCUT2D eigenvalue weighted by Crippen LogP contribution is 2.39. The quantitative estimate of drug-likeness (QED) is 0.0799. The molecule has 2 atom stereocenters. The summed E-state index contributed by atoms with van der Waals surface area (Å²) in [4.78, 5) is 6.17. The zero-order valence-electron chi connectivity index (χ0n) is 46.4. The average molecular weight is 1100 g/mol. The van der Waals surface area contributed by atoms with Crippen LogP contribution in [-0.4, -0.2) is 40.8 Å². The molecule has 0 saturated heterocycles. The molecule has 12 aromatic rings. The van der Waals surface area contributed by atoms with E-state index in [1.165, 1.54) is 11.3 Å². The van der Waals surface area contributed by atoms with Gasteiger partial charge in [-0.15, -0.1) is 22.7 Å². The highest BCUT2D eigenvalue weighted by atomic mass is 32.1. The Bertz CT molecular complexity index is 4000. The summed E-state index contributed by atoms with van der Waals surface area (Å²) in [5.74, 6) is 2.27. The Kier molecular flexibility index (Phi) is 15.6. The number of thiazole rings is 1. The molecule has 4 aromatic heterocycles. The molecule has 0 fully saturated rings. The second-order valence-electron chi connectivity index (χ2n) is 21.1. The Balaban J connectivity index is 1.39. The molecule has 82 heavy (non-hydrogen) atoms.